The van der Waals surface area contributed by atoms with Crippen molar-refractivity contribution in [3.8, 4) is 0 Å². The number of carbonyl (C=O) groups excluding carboxylic acids is 1. The van der Waals surface area contributed by atoms with Crippen molar-refractivity contribution < 1.29 is 14.7 Å². The van der Waals surface area contributed by atoms with Gasteiger partial charge in [-0.2, -0.15) is 0 Å². The molecule has 0 aromatic heterocycles. The molecule has 5 heteroatoms. The summed E-state index contributed by atoms with van der Waals surface area (Å²) < 4.78 is 0. The molecule has 0 saturated carbocycles. The van der Waals surface area contributed by atoms with Gasteiger partial charge in [0.15, 0.2) is 0 Å². The molecule has 1 amide bonds. The smallest absolute Gasteiger partial charge is 0.305 e. The molecule has 0 radical (unpaired) electrons. The third kappa shape index (κ3) is 4.47. The summed E-state index contributed by atoms with van der Waals surface area (Å²) in [6.07, 6.45) is 0.523. The molecule has 0 aromatic carbocycles. The first kappa shape index (κ1) is 11.9. The minimum absolute atomic E-state index is 0.0430. The van der Waals surface area contributed by atoms with E-state index in [0.717, 1.165) is 0 Å². The van der Waals surface area contributed by atoms with E-state index in [1.165, 1.54) is 4.90 Å². The van der Waals surface area contributed by atoms with Crippen molar-refractivity contribution in [2.45, 2.75) is 25.8 Å². The predicted octanol–water partition coefficient (Wildman–Crippen LogP) is -0.343. The van der Waals surface area contributed by atoms with Gasteiger partial charge in [0.25, 0.3) is 0 Å². The number of amides is 1. The Morgan fingerprint density at radius 1 is 1.54 bits per heavy atom. The minimum Gasteiger partial charge on any atom is -0.481 e. The first-order valence-corrected chi connectivity index (χ1v) is 4.21. The number of carbonyl (C=O) groups is 2. The summed E-state index contributed by atoms with van der Waals surface area (Å²) in [6.45, 7) is 2.02. The lowest BCUT2D eigenvalue weighted by atomic mass is 10.2. The Hall–Kier alpha value is -1.10. The quantitative estimate of drug-likeness (QED) is 0.618. The Kier molecular flexibility index (Phi) is 5.06. The van der Waals surface area contributed by atoms with Crippen molar-refractivity contribution in [1.29, 1.82) is 0 Å². The van der Waals surface area contributed by atoms with Crippen LogP contribution < -0.4 is 5.73 Å². The SMILES string of the molecule is CC[C@@H](N)C(=O)N(C)CCC(=O)O. The van der Waals surface area contributed by atoms with E-state index >= 15 is 0 Å². The molecular formula is C8H16N2O3. The Labute approximate surface area is 77.5 Å². The number of rotatable bonds is 5. The molecule has 76 valence electrons. The van der Waals surface area contributed by atoms with Crippen molar-refractivity contribution in [2.75, 3.05) is 13.6 Å². The van der Waals surface area contributed by atoms with Gasteiger partial charge in [-0.15, -0.1) is 0 Å². The summed E-state index contributed by atoms with van der Waals surface area (Å²) in [5.74, 6) is -1.12. The van der Waals surface area contributed by atoms with Crippen molar-refractivity contribution in [3.63, 3.8) is 0 Å². The van der Waals surface area contributed by atoms with Crippen molar-refractivity contribution in [1.82, 2.24) is 4.90 Å². The maximum absolute atomic E-state index is 11.3. The first-order valence-electron chi connectivity index (χ1n) is 4.21. The zero-order valence-corrected chi connectivity index (χ0v) is 7.99. The molecule has 0 bridgehead atoms. The van der Waals surface area contributed by atoms with E-state index in [1.54, 1.807) is 7.05 Å². The van der Waals surface area contributed by atoms with E-state index in [4.69, 9.17) is 10.8 Å². The van der Waals surface area contributed by atoms with Gasteiger partial charge in [-0.25, -0.2) is 0 Å². The Morgan fingerprint density at radius 3 is 2.46 bits per heavy atom. The zero-order valence-electron chi connectivity index (χ0n) is 7.99. The molecule has 3 N–H and O–H groups in total. The molecule has 0 fully saturated rings. The van der Waals surface area contributed by atoms with Crippen LogP contribution in [0.3, 0.4) is 0 Å². The Balaban J connectivity index is 3.89. The van der Waals surface area contributed by atoms with Gasteiger partial charge in [-0.1, -0.05) is 6.92 Å². The number of nitrogens with zero attached hydrogens (tertiary/aromatic N) is 1. The van der Waals surface area contributed by atoms with E-state index in [-0.39, 0.29) is 18.9 Å². The highest BCUT2D eigenvalue weighted by Gasteiger charge is 2.16. The number of carboxylic acids is 1. The van der Waals surface area contributed by atoms with Crippen molar-refractivity contribution in [2.24, 2.45) is 5.73 Å². The van der Waals surface area contributed by atoms with Crippen LogP contribution in [-0.2, 0) is 9.59 Å². The first-order chi connectivity index (χ1) is 5.99. The molecule has 1 atom stereocenters. The Bertz CT molecular complexity index is 194. The summed E-state index contributed by atoms with van der Waals surface area (Å²) in [7, 11) is 1.56. The van der Waals surface area contributed by atoms with E-state index in [0.29, 0.717) is 6.42 Å². The standard InChI is InChI=1S/C8H16N2O3/c1-3-6(9)8(13)10(2)5-4-7(11)12/h6H,3-5,9H2,1-2H3,(H,11,12)/t6-/m1/s1. The van der Waals surface area contributed by atoms with Gasteiger partial charge < -0.3 is 15.7 Å². The van der Waals surface area contributed by atoms with Gasteiger partial charge in [0.2, 0.25) is 5.91 Å². The topological polar surface area (TPSA) is 83.6 Å². The van der Waals surface area contributed by atoms with E-state index < -0.39 is 12.0 Å². The van der Waals surface area contributed by atoms with Gasteiger partial charge >= 0.3 is 5.97 Å². The molecule has 0 rings (SSSR count). The maximum atomic E-state index is 11.3. The third-order valence-electron chi connectivity index (χ3n) is 1.79. The summed E-state index contributed by atoms with van der Waals surface area (Å²) in [5.41, 5.74) is 5.49. The normalized spacial score (nSPS) is 12.2. The van der Waals surface area contributed by atoms with Crippen LogP contribution in [-0.4, -0.2) is 41.5 Å². The van der Waals surface area contributed by atoms with Crippen LogP contribution in [0, 0.1) is 0 Å². The fraction of sp³-hybridized carbons (Fsp3) is 0.750. The average molecular weight is 188 g/mol. The van der Waals surface area contributed by atoms with Crippen LogP contribution in [0.25, 0.3) is 0 Å². The summed E-state index contributed by atoms with van der Waals surface area (Å²) >= 11 is 0. The van der Waals surface area contributed by atoms with Crippen LogP contribution in [0.1, 0.15) is 19.8 Å². The highest BCUT2D eigenvalue weighted by Crippen LogP contribution is 1.95. The fourth-order valence-electron chi connectivity index (χ4n) is 0.831. The maximum Gasteiger partial charge on any atom is 0.305 e. The predicted molar refractivity (Wildman–Crippen MR) is 48.2 cm³/mol. The van der Waals surface area contributed by atoms with Gasteiger partial charge in [0.1, 0.15) is 0 Å². The summed E-state index contributed by atoms with van der Waals surface area (Å²) in [5, 5.41) is 8.37. The second-order valence-electron chi connectivity index (χ2n) is 2.92. The average Bonchev–Trinajstić information content (AvgIpc) is 2.11. The van der Waals surface area contributed by atoms with Gasteiger partial charge in [0.05, 0.1) is 12.5 Å². The van der Waals surface area contributed by atoms with Crippen LogP contribution in [0.5, 0.6) is 0 Å². The van der Waals surface area contributed by atoms with Gasteiger partial charge in [-0.05, 0) is 6.42 Å². The largest absolute Gasteiger partial charge is 0.481 e. The minimum atomic E-state index is -0.912. The molecule has 0 saturated heterocycles. The molecule has 0 aromatic rings. The molecule has 0 spiro atoms. The zero-order chi connectivity index (χ0) is 10.4. The molecule has 0 heterocycles. The number of carboxylic acid groups (broad SMARTS) is 1. The number of aliphatic carboxylic acids is 1. The van der Waals surface area contributed by atoms with Crippen molar-refractivity contribution >= 4 is 11.9 Å². The highest BCUT2D eigenvalue weighted by atomic mass is 16.4. The third-order valence-corrected chi connectivity index (χ3v) is 1.79. The van der Waals surface area contributed by atoms with Crippen LogP contribution >= 0.6 is 0 Å². The number of hydrogen-bond donors (Lipinski definition) is 2. The van der Waals surface area contributed by atoms with E-state index in [1.807, 2.05) is 6.92 Å². The molecule has 5 nitrogen and oxygen atoms in total. The van der Waals surface area contributed by atoms with Crippen LogP contribution in [0.15, 0.2) is 0 Å². The van der Waals surface area contributed by atoms with Crippen molar-refractivity contribution in [3.05, 3.63) is 0 Å². The second-order valence-corrected chi connectivity index (χ2v) is 2.92. The number of likely N-dealkylation sites (N-methyl/N-ethyl adjacent to an activating group) is 1. The lowest BCUT2D eigenvalue weighted by Crippen LogP contribution is -2.42. The number of hydrogen-bond acceptors (Lipinski definition) is 3. The highest BCUT2D eigenvalue weighted by molar-refractivity contribution is 5.81. The molecular weight excluding hydrogens is 172 g/mol. The molecule has 13 heavy (non-hydrogen) atoms. The lowest BCUT2D eigenvalue weighted by Gasteiger charge is -2.19. The fourth-order valence-corrected chi connectivity index (χ4v) is 0.831. The van der Waals surface area contributed by atoms with Gasteiger partial charge in [-0.3, -0.25) is 9.59 Å². The lowest BCUT2D eigenvalue weighted by molar-refractivity contribution is -0.138. The monoisotopic (exact) mass is 188 g/mol. The summed E-state index contributed by atoms with van der Waals surface area (Å²) in [6, 6.07) is -0.515. The molecule has 0 unspecified atom stereocenters. The number of nitrogens with two attached hydrogens (primary N) is 1. The summed E-state index contributed by atoms with van der Waals surface area (Å²) in [4.78, 5) is 22.8. The Morgan fingerprint density at radius 2 is 2.08 bits per heavy atom. The van der Waals surface area contributed by atoms with Gasteiger partial charge in [0, 0.05) is 13.6 Å². The molecule has 0 aliphatic heterocycles. The van der Waals surface area contributed by atoms with Crippen LogP contribution in [0.4, 0.5) is 0 Å². The molecule has 0 aliphatic carbocycles. The van der Waals surface area contributed by atoms with E-state index in [2.05, 4.69) is 0 Å². The molecule has 0 aliphatic rings. The van der Waals surface area contributed by atoms with Crippen LogP contribution in [0.2, 0.25) is 0 Å². The second kappa shape index (κ2) is 5.53. The van der Waals surface area contributed by atoms with E-state index in [9.17, 15) is 9.59 Å².